The summed E-state index contributed by atoms with van der Waals surface area (Å²) in [5.74, 6) is -2.26. The Morgan fingerprint density at radius 3 is 2.51 bits per heavy atom. The normalized spacial score (nSPS) is 18.3. The standard InChI is InChI=1S/C25H26FN5O4/c1-27-17-11-14(26)10-16-20(17)31-23(33)19(21(16)30-18-12-25(18)6-8-28-9-7-25)22(32)29-15-4-2-13(3-5-15)24(34)35/h2-5,10-11,18,27-28H,6-9,12H2,1H3,(H,29,32)(H,34,35)(H2,30,31,33). The minimum atomic E-state index is -1.08. The molecule has 2 aromatic carbocycles. The van der Waals surface area contributed by atoms with Crippen molar-refractivity contribution in [3.05, 3.63) is 63.7 Å². The Bertz CT molecular complexity index is 1380. The number of nitrogens with one attached hydrogen (secondary N) is 5. The van der Waals surface area contributed by atoms with Crippen LogP contribution in [0.25, 0.3) is 10.9 Å². The first-order valence-electron chi connectivity index (χ1n) is 11.5. The maximum Gasteiger partial charge on any atom is 0.335 e. The van der Waals surface area contributed by atoms with Crippen LogP contribution in [0.3, 0.4) is 0 Å². The number of carboxylic acid groups (broad SMARTS) is 1. The van der Waals surface area contributed by atoms with E-state index in [-0.39, 0.29) is 22.6 Å². The van der Waals surface area contributed by atoms with Crippen molar-refractivity contribution in [3.8, 4) is 0 Å². The summed E-state index contributed by atoms with van der Waals surface area (Å²) in [6.07, 6.45) is 2.88. The van der Waals surface area contributed by atoms with Gasteiger partial charge in [-0.3, -0.25) is 9.59 Å². The molecule has 1 amide bonds. The lowest BCUT2D eigenvalue weighted by molar-refractivity contribution is 0.0696. The number of H-pyrrole nitrogens is 1. The smallest absolute Gasteiger partial charge is 0.335 e. The van der Waals surface area contributed by atoms with Crippen LogP contribution in [-0.2, 0) is 0 Å². The van der Waals surface area contributed by atoms with Crippen LogP contribution in [0.5, 0.6) is 0 Å². The number of anilines is 3. The zero-order chi connectivity index (χ0) is 24.7. The molecule has 35 heavy (non-hydrogen) atoms. The van der Waals surface area contributed by atoms with Gasteiger partial charge in [0.25, 0.3) is 11.5 Å². The Balaban J connectivity index is 1.57. The maximum atomic E-state index is 14.5. The van der Waals surface area contributed by atoms with Gasteiger partial charge in [0, 0.05) is 24.2 Å². The van der Waals surface area contributed by atoms with Gasteiger partial charge in [0.15, 0.2) is 0 Å². The van der Waals surface area contributed by atoms with E-state index in [1.54, 1.807) is 7.05 Å². The molecule has 1 aliphatic heterocycles. The number of benzene rings is 2. The third kappa shape index (κ3) is 4.21. The van der Waals surface area contributed by atoms with E-state index in [2.05, 4.69) is 26.3 Å². The summed E-state index contributed by atoms with van der Waals surface area (Å²) in [6, 6.07) is 8.29. The third-order valence-corrected chi connectivity index (χ3v) is 7.08. The van der Waals surface area contributed by atoms with Crippen LogP contribution in [-0.4, -0.2) is 48.1 Å². The number of fused-ring (bicyclic) bond motifs is 1. The summed E-state index contributed by atoms with van der Waals surface area (Å²) in [6.45, 7) is 1.82. The Morgan fingerprint density at radius 2 is 1.86 bits per heavy atom. The van der Waals surface area contributed by atoms with Crippen molar-refractivity contribution >= 4 is 39.8 Å². The molecule has 1 aromatic heterocycles. The molecule has 2 fully saturated rings. The fraction of sp³-hybridized carbons (Fsp3) is 0.320. The topological polar surface area (TPSA) is 135 Å². The Morgan fingerprint density at radius 1 is 1.14 bits per heavy atom. The van der Waals surface area contributed by atoms with Gasteiger partial charge in [-0.05, 0) is 74.2 Å². The van der Waals surface area contributed by atoms with Gasteiger partial charge in [-0.2, -0.15) is 0 Å². The number of aromatic nitrogens is 1. The largest absolute Gasteiger partial charge is 0.478 e. The number of aromatic carboxylic acids is 1. The van der Waals surface area contributed by atoms with Crippen molar-refractivity contribution in [2.24, 2.45) is 5.41 Å². The number of pyridine rings is 1. The molecule has 0 bridgehead atoms. The molecule has 1 unspecified atom stereocenters. The maximum absolute atomic E-state index is 14.5. The first kappa shape index (κ1) is 22.9. The fourth-order valence-corrected chi connectivity index (χ4v) is 5.02. The highest BCUT2D eigenvalue weighted by molar-refractivity contribution is 6.13. The van der Waals surface area contributed by atoms with Gasteiger partial charge in [0.2, 0.25) is 0 Å². The van der Waals surface area contributed by atoms with Crippen molar-refractivity contribution in [1.82, 2.24) is 10.3 Å². The van der Waals surface area contributed by atoms with E-state index in [1.165, 1.54) is 36.4 Å². The Kier molecular flexibility index (Phi) is 5.68. The molecule has 2 aliphatic rings. The SMILES string of the molecule is CNc1cc(F)cc2c(NC3CC34CCNCC4)c(C(=O)Nc3ccc(C(=O)O)cc3)c(=O)[nH]c12. The van der Waals surface area contributed by atoms with Crippen LogP contribution in [0, 0.1) is 11.2 Å². The van der Waals surface area contributed by atoms with Gasteiger partial charge in [0.05, 0.1) is 22.5 Å². The van der Waals surface area contributed by atoms with Gasteiger partial charge in [-0.1, -0.05) is 0 Å². The average molecular weight is 480 g/mol. The van der Waals surface area contributed by atoms with Crippen molar-refractivity contribution in [3.63, 3.8) is 0 Å². The predicted molar refractivity (Wildman–Crippen MR) is 132 cm³/mol. The van der Waals surface area contributed by atoms with Gasteiger partial charge >= 0.3 is 5.97 Å². The molecule has 2 heterocycles. The molecule has 182 valence electrons. The van der Waals surface area contributed by atoms with Gasteiger partial charge in [-0.25, -0.2) is 9.18 Å². The molecule has 1 saturated heterocycles. The lowest BCUT2D eigenvalue weighted by Gasteiger charge is -2.24. The number of rotatable bonds is 6. The molecule has 5 rings (SSSR count). The Hall–Kier alpha value is -3.92. The highest BCUT2D eigenvalue weighted by Crippen LogP contribution is 2.54. The summed E-state index contributed by atoms with van der Waals surface area (Å²) >= 11 is 0. The molecule has 10 heteroatoms. The molecule has 0 radical (unpaired) electrons. The number of halogens is 1. The molecule has 1 spiro atoms. The van der Waals surface area contributed by atoms with Gasteiger partial charge in [0.1, 0.15) is 11.4 Å². The number of aromatic amines is 1. The predicted octanol–water partition coefficient (Wildman–Crippen LogP) is 3.21. The van der Waals surface area contributed by atoms with E-state index in [0.29, 0.717) is 28.0 Å². The minimum Gasteiger partial charge on any atom is -0.478 e. The molecule has 1 saturated carbocycles. The number of piperidine rings is 1. The second-order valence-corrected chi connectivity index (χ2v) is 9.18. The molecule has 9 nitrogen and oxygen atoms in total. The van der Waals surface area contributed by atoms with Crippen molar-refractivity contribution in [1.29, 1.82) is 0 Å². The summed E-state index contributed by atoms with van der Waals surface area (Å²) in [5.41, 5.74) is 0.852. The van der Waals surface area contributed by atoms with Crippen molar-refractivity contribution in [2.45, 2.75) is 25.3 Å². The minimum absolute atomic E-state index is 0.0669. The molecule has 6 N–H and O–H groups in total. The molecule has 1 aliphatic carbocycles. The van der Waals surface area contributed by atoms with Crippen molar-refractivity contribution in [2.75, 3.05) is 36.1 Å². The van der Waals surface area contributed by atoms with E-state index < -0.39 is 23.3 Å². The van der Waals surface area contributed by atoms with Crippen LogP contribution < -0.4 is 26.8 Å². The van der Waals surface area contributed by atoms with Crippen LogP contribution in [0.15, 0.2) is 41.2 Å². The third-order valence-electron chi connectivity index (χ3n) is 7.08. The van der Waals surface area contributed by atoms with E-state index >= 15 is 0 Å². The second kappa shape index (κ2) is 8.70. The van der Waals surface area contributed by atoms with E-state index in [1.807, 2.05) is 0 Å². The van der Waals surface area contributed by atoms with Crippen LogP contribution in [0.1, 0.15) is 40.0 Å². The molecular formula is C25H26FN5O4. The zero-order valence-corrected chi connectivity index (χ0v) is 19.1. The highest BCUT2D eigenvalue weighted by Gasteiger charge is 2.54. The summed E-state index contributed by atoms with van der Waals surface area (Å²) in [5, 5.41) is 21.8. The molecule has 1 atom stereocenters. The highest BCUT2D eigenvalue weighted by atomic mass is 19.1. The van der Waals surface area contributed by atoms with E-state index in [9.17, 15) is 18.8 Å². The molecule has 3 aromatic rings. The lowest BCUT2D eigenvalue weighted by Crippen LogP contribution is -2.32. The van der Waals surface area contributed by atoms with Crippen LogP contribution >= 0.6 is 0 Å². The van der Waals surface area contributed by atoms with Gasteiger partial charge in [-0.15, -0.1) is 0 Å². The zero-order valence-electron chi connectivity index (χ0n) is 19.1. The summed E-state index contributed by atoms with van der Waals surface area (Å²) in [7, 11) is 1.63. The first-order valence-corrected chi connectivity index (χ1v) is 11.5. The number of amides is 1. The Labute approximate surface area is 200 Å². The lowest BCUT2D eigenvalue weighted by atomic mass is 9.93. The summed E-state index contributed by atoms with van der Waals surface area (Å²) < 4.78 is 14.5. The monoisotopic (exact) mass is 479 g/mol. The fourth-order valence-electron chi connectivity index (χ4n) is 5.02. The van der Waals surface area contributed by atoms with E-state index in [4.69, 9.17) is 5.11 Å². The number of carbonyl (C=O) groups excluding carboxylic acids is 1. The number of hydrogen-bond donors (Lipinski definition) is 6. The molecular weight excluding hydrogens is 453 g/mol. The van der Waals surface area contributed by atoms with Crippen LogP contribution in [0.4, 0.5) is 21.5 Å². The second-order valence-electron chi connectivity index (χ2n) is 9.18. The van der Waals surface area contributed by atoms with E-state index in [0.717, 1.165) is 32.4 Å². The van der Waals surface area contributed by atoms with Crippen LogP contribution in [0.2, 0.25) is 0 Å². The number of hydrogen-bond acceptors (Lipinski definition) is 6. The number of carbonyl (C=O) groups is 2. The quantitative estimate of drug-likeness (QED) is 0.320. The number of carboxylic acids is 1. The average Bonchev–Trinajstić information content (AvgIpc) is 3.49. The summed E-state index contributed by atoms with van der Waals surface area (Å²) in [4.78, 5) is 40.3. The van der Waals surface area contributed by atoms with Crippen molar-refractivity contribution < 1.29 is 19.1 Å². The van der Waals surface area contributed by atoms with Gasteiger partial charge < -0.3 is 31.4 Å². The first-order chi connectivity index (χ1) is 16.8.